The van der Waals surface area contributed by atoms with Crippen molar-refractivity contribution in [1.29, 1.82) is 0 Å². The van der Waals surface area contributed by atoms with Gasteiger partial charge in [-0.15, -0.1) is 0 Å². The maximum atomic E-state index is 5.51. The minimum atomic E-state index is -0.0151. The molecule has 2 rings (SSSR count). The number of rotatable bonds is 3. The summed E-state index contributed by atoms with van der Waals surface area (Å²) in [6, 6.07) is 10.0. The summed E-state index contributed by atoms with van der Waals surface area (Å²) in [4.78, 5) is 0. The molecule has 0 amide bonds. The van der Waals surface area contributed by atoms with E-state index in [1.807, 2.05) is 30.3 Å². The lowest BCUT2D eigenvalue weighted by Crippen LogP contribution is -2.29. The molecule has 0 aliphatic carbocycles. The predicted octanol–water partition coefficient (Wildman–Crippen LogP) is 1.50. The van der Waals surface area contributed by atoms with E-state index in [1.54, 1.807) is 0 Å². The molecule has 0 fully saturated rings. The van der Waals surface area contributed by atoms with E-state index >= 15 is 0 Å². The van der Waals surface area contributed by atoms with Gasteiger partial charge in [-0.25, -0.2) is 5.43 Å². The summed E-state index contributed by atoms with van der Waals surface area (Å²) in [5, 5.41) is 0. The Labute approximate surface area is 83.5 Å². The minimum Gasteiger partial charge on any atom is -0.496 e. The molecule has 0 radical (unpaired) electrons. The fourth-order valence-electron chi connectivity index (χ4n) is 1.63. The maximum Gasteiger partial charge on any atom is 0.115 e. The number of nitrogens with one attached hydrogen (secondary N) is 1. The van der Waals surface area contributed by atoms with Crippen LogP contribution in [0, 0.1) is 0 Å². The van der Waals surface area contributed by atoms with Crippen LogP contribution in [0.3, 0.4) is 0 Å². The van der Waals surface area contributed by atoms with Gasteiger partial charge in [0.25, 0.3) is 0 Å². The molecule has 1 aromatic carbocycles. The summed E-state index contributed by atoms with van der Waals surface area (Å²) < 4.78 is 5.48. The van der Waals surface area contributed by atoms with E-state index in [0.717, 1.165) is 24.4 Å². The summed E-state index contributed by atoms with van der Waals surface area (Å²) in [7, 11) is 0. The lowest BCUT2D eigenvalue weighted by atomic mass is 10.1. The van der Waals surface area contributed by atoms with Crippen molar-refractivity contribution >= 4 is 0 Å². The molecule has 0 aromatic heterocycles. The van der Waals surface area contributed by atoms with Gasteiger partial charge in [0.2, 0.25) is 0 Å². The smallest absolute Gasteiger partial charge is 0.115 e. The number of hydrazine groups is 1. The Morgan fingerprint density at radius 3 is 2.64 bits per heavy atom. The van der Waals surface area contributed by atoms with Gasteiger partial charge in [-0.05, 0) is 11.6 Å². The third-order valence-electron chi connectivity index (χ3n) is 2.32. The Bertz CT molecular complexity index is 321. The molecule has 0 saturated carbocycles. The van der Waals surface area contributed by atoms with Gasteiger partial charge in [0.05, 0.1) is 6.61 Å². The van der Waals surface area contributed by atoms with Crippen LogP contribution in [0.15, 0.2) is 42.2 Å². The standard InChI is InChI=1S/C11H14N2O/c12-13-11(10-7-4-8-14-10)9-5-2-1-3-6-9/h1-3,5-7,11,13H,4,8,12H2. The van der Waals surface area contributed by atoms with Crippen LogP contribution in [0.5, 0.6) is 0 Å². The van der Waals surface area contributed by atoms with Crippen molar-refractivity contribution in [1.82, 2.24) is 5.43 Å². The van der Waals surface area contributed by atoms with Gasteiger partial charge < -0.3 is 4.74 Å². The third kappa shape index (κ3) is 1.78. The van der Waals surface area contributed by atoms with Gasteiger partial charge in [0, 0.05) is 6.42 Å². The summed E-state index contributed by atoms with van der Waals surface area (Å²) in [6.45, 7) is 0.764. The van der Waals surface area contributed by atoms with Crippen molar-refractivity contribution in [2.75, 3.05) is 6.61 Å². The molecule has 1 heterocycles. The van der Waals surface area contributed by atoms with Gasteiger partial charge in [0.1, 0.15) is 11.8 Å². The van der Waals surface area contributed by atoms with Crippen LogP contribution >= 0.6 is 0 Å². The topological polar surface area (TPSA) is 47.3 Å². The predicted molar refractivity (Wildman–Crippen MR) is 55.2 cm³/mol. The second kappa shape index (κ2) is 4.26. The Hall–Kier alpha value is -1.32. The average Bonchev–Trinajstić information content (AvgIpc) is 2.74. The lowest BCUT2D eigenvalue weighted by Gasteiger charge is -2.17. The second-order valence-corrected chi connectivity index (χ2v) is 3.25. The van der Waals surface area contributed by atoms with E-state index in [0.29, 0.717) is 0 Å². The summed E-state index contributed by atoms with van der Waals surface area (Å²) in [6.07, 6.45) is 3.05. The highest BCUT2D eigenvalue weighted by molar-refractivity contribution is 5.26. The second-order valence-electron chi connectivity index (χ2n) is 3.25. The average molecular weight is 190 g/mol. The third-order valence-corrected chi connectivity index (χ3v) is 2.32. The zero-order valence-corrected chi connectivity index (χ0v) is 7.94. The summed E-state index contributed by atoms with van der Waals surface area (Å²) in [5.41, 5.74) is 3.89. The lowest BCUT2D eigenvalue weighted by molar-refractivity contribution is 0.215. The molecule has 3 N–H and O–H groups in total. The first-order valence-corrected chi connectivity index (χ1v) is 4.76. The van der Waals surface area contributed by atoms with Crippen LogP contribution in [0.25, 0.3) is 0 Å². The Kier molecular flexibility index (Phi) is 2.81. The molecule has 1 unspecified atom stereocenters. The first-order valence-electron chi connectivity index (χ1n) is 4.76. The maximum absolute atomic E-state index is 5.51. The number of hydrogen-bond acceptors (Lipinski definition) is 3. The Morgan fingerprint density at radius 1 is 1.29 bits per heavy atom. The van der Waals surface area contributed by atoms with E-state index < -0.39 is 0 Å². The van der Waals surface area contributed by atoms with Crippen LogP contribution in [-0.4, -0.2) is 6.61 Å². The molecule has 1 atom stereocenters. The molecule has 3 nitrogen and oxygen atoms in total. The highest BCUT2D eigenvalue weighted by Gasteiger charge is 2.18. The fourth-order valence-corrected chi connectivity index (χ4v) is 1.63. The van der Waals surface area contributed by atoms with E-state index in [9.17, 15) is 0 Å². The van der Waals surface area contributed by atoms with Gasteiger partial charge in [-0.2, -0.15) is 0 Å². The molecule has 14 heavy (non-hydrogen) atoms. The van der Waals surface area contributed by atoms with Crippen molar-refractivity contribution in [2.45, 2.75) is 12.5 Å². The molecule has 1 aromatic rings. The van der Waals surface area contributed by atoms with Gasteiger partial charge in [-0.3, -0.25) is 5.84 Å². The number of hydrogen-bond donors (Lipinski definition) is 2. The van der Waals surface area contributed by atoms with Crippen molar-refractivity contribution in [2.24, 2.45) is 5.84 Å². The summed E-state index contributed by atoms with van der Waals surface area (Å²) in [5.74, 6) is 6.44. The van der Waals surface area contributed by atoms with Gasteiger partial charge >= 0.3 is 0 Å². The highest BCUT2D eigenvalue weighted by Crippen LogP contribution is 2.25. The van der Waals surface area contributed by atoms with Crippen LogP contribution < -0.4 is 11.3 Å². The van der Waals surface area contributed by atoms with Gasteiger partial charge in [0.15, 0.2) is 0 Å². The number of ether oxygens (including phenoxy) is 1. The molecule has 0 bridgehead atoms. The molecule has 0 saturated heterocycles. The Balaban J connectivity index is 2.21. The van der Waals surface area contributed by atoms with Crippen molar-refractivity contribution in [3.63, 3.8) is 0 Å². The van der Waals surface area contributed by atoms with E-state index in [4.69, 9.17) is 10.6 Å². The van der Waals surface area contributed by atoms with Crippen molar-refractivity contribution in [3.05, 3.63) is 47.7 Å². The van der Waals surface area contributed by atoms with Crippen LogP contribution in [0.4, 0.5) is 0 Å². The Morgan fingerprint density at radius 2 is 2.07 bits per heavy atom. The first-order chi connectivity index (χ1) is 6.92. The minimum absolute atomic E-state index is 0.0151. The zero-order valence-electron chi connectivity index (χ0n) is 7.94. The van der Waals surface area contributed by atoms with E-state index in [-0.39, 0.29) is 6.04 Å². The molecule has 74 valence electrons. The molecule has 1 aliphatic heterocycles. The molecule has 1 aliphatic rings. The van der Waals surface area contributed by atoms with Crippen LogP contribution in [-0.2, 0) is 4.74 Å². The summed E-state index contributed by atoms with van der Waals surface area (Å²) >= 11 is 0. The van der Waals surface area contributed by atoms with E-state index in [1.165, 1.54) is 0 Å². The zero-order chi connectivity index (χ0) is 9.80. The number of benzene rings is 1. The normalized spacial score (nSPS) is 17.4. The highest BCUT2D eigenvalue weighted by atomic mass is 16.5. The first kappa shape index (κ1) is 9.24. The fraction of sp³-hybridized carbons (Fsp3) is 0.273. The molecule has 0 spiro atoms. The van der Waals surface area contributed by atoms with Crippen molar-refractivity contribution < 1.29 is 4.74 Å². The molecular formula is C11H14N2O. The largest absolute Gasteiger partial charge is 0.496 e. The molecule has 3 heteroatoms. The van der Waals surface area contributed by atoms with Crippen molar-refractivity contribution in [3.8, 4) is 0 Å². The monoisotopic (exact) mass is 190 g/mol. The quantitative estimate of drug-likeness (QED) is 0.561. The van der Waals surface area contributed by atoms with E-state index in [2.05, 4.69) is 11.5 Å². The number of nitrogens with two attached hydrogens (primary N) is 1. The molecular weight excluding hydrogens is 176 g/mol. The SMILES string of the molecule is NNC(C1=CCCO1)c1ccccc1. The van der Waals surface area contributed by atoms with Gasteiger partial charge in [-0.1, -0.05) is 30.3 Å². The van der Waals surface area contributed by atoms with Crippen LogP contribution in [0.1, 0.15) is 18.0 Å². The van der Waals surface area contributed by atoms with Crippen LogP contribution in [0.2, 0.25) is 0 Å².